The van der Waals surface area contributed by atoms with Crippen molar-refractivity contribution in [3.8, 4) is 0 Å². The number of carboxylic acid groups (broad SMARTS) is 2. The van der Waals surface area contributed by atoms with Crippen molar-refractivity contribution in [2.24, 2.45) is 5.73 Å². The minimum absolute atomic E-state index is 0.0627. The number of carbonyl (C=O) groups is 5. The van der Waals surface area contributed by atoms with Gasteiger partial charge < -0.3 is 26.2 Å². The van der Waals surface area contributed by atoms with Crippen LogP contribution in [-0.2, 0) is 19.2 Å². The number of benzene rings is 1. The molecule has 5 N–H and O–H groups in total. The van der Waals surface area contributed by atoms with Gasteiger partial charge in [0.05, 0.1) is 6.04 Å². The fourth-order valence-corrected chi connectivity index (χ4v) is 4.49. The molecule has 2 heterocycles. The highest BCUT2D eigenvalue weighted by molar-refractivity contribution is 5.97. The van der Waals surface area contributed by atoms with Gasteiger partial charge in [0.2, 0.25) is 11.8 Å². The summed E-state index contributed by atoms with van der Waals surface area (Å²) >= 11 is 0. The van der Waals surface area contributed by atoms with Crippen LogP contribution in [0.25, 0.3) is 0 Å². The number of nitrogens with one attached hydrogen (secondary N) is 1. The second-order valence-corrected chi connectivity index (χ2v) is 8.93. The first-order valence-electron chi connectivity index (χ1n) is 11.8. The highest BCUT2D eigenvalue weighted by atomic mass is 16.4. The molecule has 196 valence electrons. The average Bonchev–Trinajstić information content (AvgIpc) is 3.33. The van der Waals surface area contributed by atoms with E-state index in [2.05, 4.69) is 10.2 Å². The van der Waals surface area contributed by atoms with Crippen molar-refractivity contribution in [2.45, 2.75) is 57.7 Å². The van der Waals surface area contributed by atoms with Gasteiger partial charge in [-0.2, -0.15) is 0 Å². The van der Waals surface area contributed by atoms with Crippen molar-refractivity contribution >= 4 is 29.7 Å². The summed E-state index contributed by atoms with van der Waals surface area (Å²) < 4.78 is 0. The first kappa shape index (κ1) is 28.5. The lowest BCUT2D eigenvalue weighted by molar-refractivity contribution is -0.135. The molecule has 2 unspecified atom stereocenters. The van der Waals surface area contributed by atoms with Gasteiger partial charge >= 0.3 is 11.9 Å². The molecule has 0 saturated carbocycles. The van der Waals surface area contributed by atoms with Crippen LogP contribution in [0, 0.1) is 6.92 Å². The lowest BCUT2D eigenvalue weighted by Crippen LogP contribution is -2.54. The van der Waals surface area contributed by atoms with Crippen molar-refractivity contribution in [1.29, 1.82) is 0 Å². The SMILES string of the molecule is Cc1cccc(C(=O)NC(C)C(=O)N2CCC(N3CCCC3C(N)=O)CC2)c1.O=C(O)C=CC(=O)O. The lowest BCUT2D eigenvalue weighted by atomic mass is 10.0. The lowest BCUT2D eigenvalue weighted by Gasteiger charge is -2.39. The third-order valence-corrected chi connectivity index (χ3v) is 6.23. The molecule has 0 spiro atoms. The summed E-state index contributed by atoms with van der Waals surface area (Å²) in [5, 5.41) is 18.4. The topological polar surface area (TPSA) is 170 Å². The molecule has 3 rings (SSSR count). The summed E-state index contributed by atoms with van der Waals surface area (Å²) in [4.78, 5) is 59.9. The Hall–Kier alpha value is -3.73. The van der Waals surface area contributed by atoms with Crippen molar-refractivity contribution < 1.29 is 34.2 Å². The summed E-state index contributed by atoms with van der Waals surface area (Å²) in [5.74, 6) is -3.06. The fraction of sp³-hybridized carbons (Fsp3) is 0.480. The van der Waals surface area contributed by atoms with Crippen LogP contribution in [-0.4, -0.2) is 87.4 Å². The Bertz CT molecular complexity index is 986. The molecule has 2 saturated heterocycles. The molecule has 2 aliphatic heterocycles. The summed E-state index contributed by atoms with van der Waals surface area (Å²) in [7, 11) is 0. The monoisotopic (exact) mass is 502 g/mol. The fourth-order valence-electron chi connectivity index (χ4n) is 4.49. The standard InChI is InChI=1S/C21H30N4O3.C4H4O4/c1-14-5-3-6-16(13-14)20(27)23-15(2)21(28)24-11-8-17(9-12-24)25-10-4-7-18(25)19(22)26;5-3(6)1-2-4(7)8/h3,5-6,13,15,17-18H,4,7-12H2,1-2H3,(H2,22,26)(H,23,27);1-2H,(H,5,6)(H,7,8). The number of primary amides is 1. The molecule has 1 aromatic carbocycles. The van der Waals surface area contributed by atoms with Gasteiger partial charge in [0.15, 0.2) is 0 Å². The van der Waals surface area contributed by atoms with Crippen LogP contribution in [0.2, 0.25) is 0 Å². The Labute approximate surface area is 209 Å². The summed E-state index contributed by atoms with van der Waals surface area (Å²) in [6.07, 6.45) is 4.60. The van der Waals surface area contributed by atoms with Crippen LogP contribution >= 0.6 is 0 Å². The Morgan fingerprint density at radius 3 is 2.17 bits per heavy atom. The normalized spacial score (nSPS) is 19.3. The maximum Gasteiger partial charge on any atom is 0.328 e. The Morgan fingerprint density at radius 2 is 1.64 bits per heavy atom. The van der Waals surface area contributed by atoms with Crippen molar-refractivity contribution in [3.63, 3.8) is 0 Å². The zero-order valence-corrected chi connectivity index (χ0v) is 20.6. The molecular weight excluding hydrogens is 468 g/mol. The van der Waals surface area contributed by atoms with E-state index in [1.54, 1.807) is 13.0 Å². The number of nitrogens with zero attached hydrogens (tertiary/aromatic N) is 2. The number of amides is 3. The number of aryl methyl sites for hydroxylation is 1. The van der Waals surface area contributed by atoms with Gasteiger partial charge in [-0.05, 0) is 58.2 Å². The van der Waals surface area contributed by atoms with Crippen LogP contribution in [0.1, 0.15) is 48.5 Å². The number of carboxylic acids is 2. The van der Waals surface area contributed by atoms with Gasteiger partial charge in [-0.1, -0.05) is 17.7 Å². The number of likely N-dealkylation sites (tertiary alicyclic amines) is 2. The zero-order chi connectivity index (χ0) is 26.8. The number of piperidine rings is 1. The smallest absolute Gasteiger partial charge is 0.328 e. The van der Waals surface area contributed by atoms with Crippen LogP contribution in [0.4, 0.5) is 0 Å². The largest absolute Gasteiger partial charge is 0.478 e. The van der Waals surface area contributed by atoms with E-state index in [0.717, 1.165) is 37.8 Å². The van der Waals surface area contributed by atoms with Gasteiger partial charge in [0.25, 0.3) is 5.91 Å². The van der Waals surface area contributed by atoms with Gasteiger partial charge in [-0.15, -0.1) is 0 Å². The third-order valence-electron chi connectivity index (χ3n) is 6.23. The van der Waals surface area contributed by atoms with Gasteiger partial charge in [-0.25, -0.2) is 9.59 Å². The Kier molecular flexibility index (Phi) is 10.6. The number of hydrogen-bond donors (Lipinski definition) is 4. The second-order valence-electron chi connectivity index (χ2n) is 8.93. The summed E-state index contributed by atoms with van der Waals surface area (Å²) in [6, 6.07) is 6.87. The highest BCUT2D eigenvalue weighted by Gasteiger charge is 2.36. The minimum atomic E-state index is -1.26. The third kappa shape index (κ3) is 8.49. The molecule has 0 aliphatic carbocycles. The molecule has 2 aliphatic rings. The first-order chi connectivity index (χ1) is 17.0. The van der Waals surface area contributed by atoms with E-state index in [1.807, 2.05) is 30.0 Å². The van der Waals surface area contributed by atoms with E-state index < -0.39 is 18.0 Å². The number of nitrogens with two attached hydrogens (primary N) is 1. The molecule has 0 radical (unpaired) electrons. The van der Waals surface area contributed by atoms with E-state index >= 15 is 0 Å². The maximum atomic E-state index is 12.8. The van der Waals surface area contributed by atoms with Crippen molar-refractivity contribution in [2.75, 3.05) is 19.6 Å². The van der Waals surface area contributed by atoms with E-state index in [-0.39, 0.29) is 23.8 Å². The average molecular weight is 503 g/mol. The maximum absolute atomic E-state index is 12.8. The molecule has 11 nitrogen and oxygen atoms in total. The van der Waals surface area contributed by atoms with Crippen molar-refractivity contribution in [3.05, 3.63) is 47.5 Å². The minimum Gasteiger partial charge on any atom is -0.478 e. The van der Waals surface area contributed by atoms with Gasteiger partial charge in [0, 0.05) is 36.8 Å². The summed E-state index contributed by atoms with van der Waals surface area (Å²) in [6.45, 7) is 5.83. The molecule has 2 atom stereocenters. The number of carbonyl (C=O) groups excluding carboxylic acids is 3. The van der Waals surface area contributed by atoms with E-state index in [1.165, 1.54) is 0 Å². The molecule has 1 aromatic rings. The molecule has 36 heavy (non-hydrogen) atoms. The number of rotatable bonds is 7. The van der Waals surface area contributed by atoms with Crippen LogP contribution < -0.4 is 11.1 Å². The van der Waals surface area contributed by atoms with Gasteiger partial charge in [0.1, 0.15) is 6.04 Å². The molecule has 0 aromatic heterocycles. The van der Waals surface area contributed by atoms with E-state index in [0.29, 0.717) is 36.8 Å². The molecule has 11 heteroatoms. The molecule has 2 fully saturated rings. The molecule has 0 bridgehead atoms. The highest BCUT2D eigenvalue weighted by Crippen LogP contribution is 2.26. The molecule has 3 amide bonds. The first-order valence-corrected chi connectivity index (χ1v) is 11.8. The number of hydrogen-bond acceptors (Lipinski definition) is 6. The van der Waals surface area contributed by atoms with Crippen LogP contribution in [0.15, 0.2) is 36.4 Å². The van der Waals surface area contributed by atoms with Crippen LogP contribution in [0.5, 0.6) is 0 Å². The Balaban J connectivity index is 0.000000493. The predicted octanol–water partition coefficient (Wildman–Crippen LogP) is 0.766. The van der Waals surface area contributed by atoms with Crippen molar-refractivity contribution in [1.82, 2.24) is 15.1 Å². The van der Waals surface area contributed by atoms with E-state index in [9.17, 15) is 24.0 Å². The summed E-state index contributed by atoms with van der Waals surface area (Å²) in [5.41, 5.74) is 7.09. The number of aliphatic carboxylic acids is 2. The van der Waals surface area contributed by atoms with E-state index in [4.69, 9.17) is 15.9 Å². The van der Waals surface area contributed by atoms with Gasteiger partial charge in [-0.3, -0.25) is 19.3 Å². The zero-order valence-electron chi connectivity index (χ0n) is 20.6. The Morgan fingerprint density at radius 1 is 1.03 bits per heavy atom. The second kappa shape index (κ2) is 13.4. The molecular formula is C25H34N4O7. The quantitative estimate of drug-likeness (QED) is 0.396. The van der Waals surface area contributed by atoms with Crippen LogP contribution in [0.3, 0.4) is 0 Å². The predicted molar refractivity (Wildman–Crippen MR) is 131 cm³/mol.